The van der Waals surface area contributed by atoms with Crippen LogP contribution in [0, 0.1) is 35.6 Å². The molecule has 0 bridgehead atoms. The fourth-order valence-electron chi connectivity index (χ4n) is 0. The topological polar surface area (TPSA) is 20.2 Å². The zero-order chi connectivity index (χ0) is 2.00. The molecule has 25 valence electrons. The van der Waals surface area contributed by atoms with Gasteiger partial charge in [-0.15, -0.1) is 12.4 Å². The molecule has 3 heteroatoms. The van der Waals surface area contributed by atoms with Gasteiger partial charge in [0.05, 0.1) is 0 Å². The summed E-state index contributed by atoms with van der Waals surface area (Å²) in [5, 5.41) is 7.00. The van der Waals surface area contributed by atoms with Gasteiger partial charge in [-0.3, -0.25) is 0 Å². The van der Waals surface area contributed by atoms with E-state index in [1.807, 2.05) is 0 Å². The predicted molar refractivity (Wildman–Crippen MR) is 15.4 cm³/mol. The first-order valence-corrected chi connectivity index (χ1v) is 0.447. The summed E-state index contributed by atoms with van der Waals surface area (Å²) in [7, 11) is 1.00. The van der Waals surface area contributed by atoms with Gasteiger partial charge in [-0.05, 0) is 0 Å². The van der Waals surface area contributed by atoms with Gasteiger partial charge in [0, 0.05) is 42.7 Å². The molecule has 0 aromatic rings. The van der Waals surface area contributed by atoms with Crippen molar-refractivity contribution in [1.82, 2.24) is 0 Å². The van der Waals surface area contributed by atoms with Crippen LogP contribution in [0.15, 0.2) is 0 Å². The number of aliphatic hydroxyl groups excluding tert-OH is 1. The third kappa shape index (κ3) is 9.86. The van der Waals surface area contributed by atoms with E-state index in [9.17, 15) is 0 Å². The van der Waals surface area contributed by atoms with Gasteiger partial charge in [0.2, 0.25) is 0 Å². The summed E-state index contributed by atoms with van der Waals surface area (Å²) in [4.78, 5) is 0. The Kier molecular flexibility index (Phi) is 114. The van der Waals surface area contributed by atoms with E-state index in [0.717, 1.165) is 7.11 Å². The minimum atomic E-state index is 0. The molecule has 0 fully saturated rings. The molecule has 0 aliphatic heterocycles. The molecule has 1 radical (unpaired) electrons. The van der Waals surface area contributed by atoms with Gasteiger partial charge < -0.3 is 5.11 Å². The van der Waals surface area contributed by atoms with Crippen molar-refractivity contribution in [2.45, 2.75) is 0 Å². The van der Waals surface area contributed by atoms with Crippen molar-refractivity contribution < 1.29 is 40.7 Å². The Morgan fingerprint density at radius 3 is 1.25 bits per heavy atom. The van der Waals surface area contributed by atoms with E-state index in [4.69, 9.17) is 5.11 Å². The van der Waals surface area contributed by atoms with Gasteiger partial charge in [0.25, 0.3) is 0 Å². The molecule has 0 spiro atoms. The second kappa shape index (κ2) is 25.3. The van der Waals surface area contributed by atoms with Crippen LogP contribution in [0.2, 0.25) is 0 Å². The fourth-order valence-corrected chi connectivity index (χ4v) is 0. The van der Waals surface area contributed by atoms with Crippen LogP contribution >= 0.6 is 12.4 Å². The SMILES string of the molecule is CO.Cl.[La]. The maximum Gasteiger partial charge on any atom is 0.0319 e. The Morgan fingerprint density at radius 1 is 1.25 bits per heavy atom. The van der Waals surface area contributed by atoms with Crippen LogP contribution in [0.5, 0.6) is 0 Å². The minimum Gasteiger partial charge on any atom is -0.400 e. The number of hydrogen-bond donors (Lipinski definition) is 1. The number of hydrogen-bond acceptors (Lipinski definition) is 1. The quantitative estimate of drug-likeness (QED) is 0.594. The van der Waals surface area contributed by atoms with Crippen LogP contribution < -0.4 is 0 Å². The summed E-state index contributed by atoms with van der Waals surface area (Å²) in [6, 6.07) is 0. The van der Waals surface area contributed by atoms with Crippen molar-refractivity contribution in [2.24, 2.45) is 0 Å². The zero-order valence-corrected chi connectivity index (χ0v) is 6.88. The second-order valence-corrected chi connectivity index (χ2v) is 0. The van der Waals surface area contributed by atoms with Crippen molar-refractivity contribution in [3.05, 3.63) is 0 Å². The molecular formula is CH5ClLaO. The summed E-state index contributed by atoms with van der Waals surface area (Å²) < 4.78 is 0. The minimum absolute atomic E-state index is 0. The molecule has 0 rings (SSSR count). The monoisotopic (exact) mass is 207 g/mol. The Hall–Kier alpha value is 1.44. The second-order valence-electron chi connectivity index (χ2n) is 0. The summed E-state index contributed by atoms with van der Waals surface area (Å²) in [5.41, 5.74) is 0. The van der Waals surface area contributed by atoms with Crippen molar-refractivity contribution in [3.63, 3.8) is 0 Å². The average molecular weight is 207 g/mol. The molecular weight excluding hydrogens is 202 g/mol. The Labute approximate surface area is 59.8 Å². The largest absolute Gasteiger partial charge is 0.400 e. The first-order chi connectivity index (χ1) is 1.00. The van der Waals surface area contributed by atoms with Gasteiger partial charge in [-0.1, -0.05) is 0 Å². The summed E-state index contributed by atoms with van der Waals surface area (Å²) in [6.07, 6.45) is 0. The standard InChI is InChI=1S/CH4O.ClH.La/c1-2;;/h2H,1H3;1H;. The molecule has 0 saturated carbocycles. The molecule has 0 saturated heterocycles. The van der Waals surface area contributed by atoms with Crippen molar-refractivity contribution in [3.8, 4) is 0 Å². The molecule has 0 unspecified atom stereocenters. The molecule has 0 heterocycles. The molecule has 0 amide bonds. The van der Waals surface area contributed by atoms with Crippen LogP contribution in [0.4, 0.5) is 0 Å². The van der Waals surface area contributed by atoms with Crippen LogP contribution in [0.25, 0.3) is 0 Å². The van der Waals surface area contributed by atoms with E-state index in [2.05, 4.69) is 0 Å². The Balaban J connectivity index is -0.00000000500. The van der Waals surface area contributed by atoms with E-state index in [0.29, 0.717) is 0 Å². The van der Waals surface area contributed by atoms with Gasteiger partial charge in [0.15, 0.2) is 0 Å². The Morgan fingerprint density at radius 2 is 1.25 bits per heavy atom. The number of rotatable bonds is 0. The molecule has 0 aliphatic rings. The van der Waals surface area contributed by atoms with E-state index >= 15 is 0 Å². The van der Waals surface area contributed by atoms with Gasteiger partial charge in [-0.2, -0.15) is 0 Å². The Bertz CT molecular complexity index is 8.00. The van der Waals surface area contributed by atoms with Crippen LogP contribution in [0.1, 0.15) is 0 Å². The van der Waals surface area contributed by atoms with Gasteiger partial charge in [0.1, 0.15) is 0 Å². The molecule has 1 nitrogen and oxygen atoms in total. The number of halogens is 1. The maximum absolute atomic E-state index is 7.00. The normalized spacial score (nSPS) is 1.50. The smallest absolute Gasteiger partial charge is 0.0319 e. The third-order valence-corrected chi connectivity index (χ3v) is 0. The zero-order valence-electron chi connectivity index (χ0n) is 2.43. The molecule has 0 aromatic heterocycles. The first-order valence-electron chi connectivity index (χ1n) is 0.447. The van der Waals surface area contributed by atoms with Crippen LogP contribution in [0.3, 0.4) is 0 Å². The van der Waals surface area contributed by atoms with E-state index in [-0.39, 0.29) is 48.0 Å². The predicted octanol–water partition coefficient (Wildman–Crippen LogP) is 0.0303. The van der Waals surface area contributed by atoms with Crippen molar-refractivity contribution in [1.29, 1.82) is 0 Å². The molecule has 0 atom stereocenters. The first kappa shape index (κ1) is 18.0. The molecule has 0 aromatic carbocycles. The molecule has 0 aliphatic carbocycles. The molecule has 4 heavy (non-hydrogen) atoms. The third-order valence-electron chi connectivity index (χ3n) is 0. The number of aliphatic hydroxyl groups is 1. The summed E-state index contributed by atoms with van der Waals surface area (Å²) >= 11 is 0. The van der Waals surface area contributed by atoms with Gasteiger partial charge >= 0.3 is 0 Å². The molecule has 1 N–H and O–H groups in total. The van der Waals surface area contributed by atoms with Crippen LogP contribution in [-0.2, 0) is 0 Å². The fraction of sp³-hybridized carbons (Fsp3) is 1.00. The van der Waals surface area contributed by atoms with E-state index in [1.54, 1.807) is 0 Å². The van der Waals surface area contributed by atoms with E-state index in [1.165, 1.54) is 0 Å². The van der Waals surface area contributed by atoms with Crippen LogP contribution in [-0.4, -0.2) is 12.2 Å². The average Bonchev–Trinajstić information content (AvgIpc) is 1.00. The van der Waals surface area contributed by atoms with Gasteiger partial charge in [-0.25, -0.2) is 0 Å². The van der Waals surface area contributed by atoms with E-state index < -0.39 is 0 Å². The van der Waals surface area contributed by atoms with Crippen molar-refractivity contribution in [2.75, 3.05) is 7.11 Å². The summed E-state index contributed by atoms with van der Waals surface area (Å²) in [5.74, 6) is 0. The van der Waals surface area contributed by atoms with Crippen molar-refractivity contribution >= 4 is 12.4 Å². The summed E-state index contributed by atoms with van der Waals surface area (Å²) in [6.45, 7) is 0. The maximum atomic E-state index is 7.00.